The van der Waals surface area contributed by atoms with E-state index in [0.717, 1.165) is 0 Å². The first-order chi connectivity index (χ1) is 13.0. The van der Waals surface area contributed by atoms with Crippen molar-refractivity contribution in [1.29, 1.82) is 0 Å². The number of carbonyl (C=O) groups is 1. The summed E-state index contributed by atoms with van der Waals surface area (Å²) in [6, 6.07) is 13.2. The highest BCUT2D eigenvalue weighted by molar-refractivity contribution is 6.06. The summed E-state index contributed by atoms with van der Waals surface area (Å²) in [6.07, 6.45) is 1.39. The predicted molar refractivity (Wildman–Crippen MR) is 102 cm³/mol. The number of aromatic nitrogens is 1. The van der Waals surface area contributed by atoms with E-state index in [9.17, 15) is 14.7 Å². The minimum Gasteiger partial charge on any atom is -0.504 e. The molecule has 7 nitrogen and oxygen atoms in total. The van der Waals surface area contributed by atoms with Crippen molar-refractivity contribution in [2.75, 3.05) is 19.5 Å². The van der Waals surface area contributed by atoms with Crippen molar-refractivity contribution >= 4 is 11.6 Å². The topological polar surface area (TPSA) is 101 Å². The van der Waals surface area contributed by atoms with Crippen molar-refractivity contribution in [2.45, 2.75) is 0 Å². The van der Waals surface area contributed by atoms with Gasteiger partial charge in [0, 0.05) is 11.8 Å². The molecule has 3 N–H and O–H groups in total. The third kappa shape index (κ3) is 3.77. The summed E-state index contributed by atoms with van der Waals surface area (Å²) in [5, 5.41) is 12.8. The number of benzene rings is 2. The van der Waals surface area contributed by atoms with Gasteiger partial charge in [-0.25, -0.2) is 0 Å². The Morgan fingerprint density at radius 3 is 2.48 bits per heavy atom. The maximum atomic E-state index is 12.5. The maximum absolute atomic E-state index is 12.5. The number of phenols is 1. The number of rotatable bonds is 5. The summed E-state index contributed by atoms with van der Waals surface area (Å²) in [5.74, 6) is 0.0904. The Hall–Kier alpha value is -3.74. The smallest absolute Gasteiger partial charge is 0.259 e. The Morgan fingerprint density at radius 1 is 1.07 bits per heavy atom. The van der Waals surface area contributed by atoms with E-state index in [0.29, 0.717) is 22.6 Å². The van der Waals surface area contributed by atoms with Crippen LogP contribution in [0.2, 0.25) is 0 Å². The van der Waals surface area contributed by atoms with Crippen LogP contribution in [0.4, 0.5) is 5.69 Å². The fraction of sp³-hybridized carbons (Fsp3) is 0.100. The molecule has 0 bridgehead atoms. The van der Waals surface area contributed by atoms with E-state index in [1.54, 1.807) is 49.6 Å². The van der Waals surface area contributed by atoms with Crippen LogP contribution in [0, 0.1) is 0 Å². The van der Waals surface area contributed by atoms with Gasteiger partial charge in [-0.2, -0.15) is 0 Å². The van der Waals surface area contributed by atoms with Crippen molar-refractivity contribution in [3.05, 3.63) is 70.6 Å². The number of nitrogens with one attached hydrogen (secondary N) is 2. The molecule has 0 atom stereocenters. The lowest BCUT2D eigenvalue weighted by Gasteiger charge is -2.10. The number of hydrogen-bond acceptors (Lipinski definition) is 5. The quantitative estimate of drug-likeness (QED) is 0.644. The van der Waals surface area contributed by atoms with Crippen molar-refractivity contribution < 1.29 is 19.4 Å². The van der Waals surface area contributed by atoms with Crippen LogP contribution >= 0.6 is 0 Å². The first kappa shape index (κ1) is 18.1. The molecule has 0 aliphatic carbocycles. The number of ether oxygens (including phenoxy) is 2. The van der Waals surface area contributed by atoms with Crippen LogP contribution in [0.15, 0.2) is 59.5 Å². The number of hydrogen-bond donors (Lipinski definition) is 3. The van der Waals surface area contributed by atoms with Crippen molar-refractivity contribution in [3.8, 4) is 28.4 Å². The normalized spacial score (nSPS) is 10.3. The van der Waals surface area contributed by atoms with Crippen molar-refractivity contribution in [3.63, 3.8) is 0 Å². The van der Waals surface area contributed by atoms with E-state index in [1.807, 2.05) is 0 Å². The second-order valence-electron chi connectivity index (χ2n) is 5.67. The summed E-state index contributed by atoms with van der Waals surface area (Å²) in [4.78, 5) is 27.2. The minimum absolute atomic E-state index is 0.0616. The first-order valence-electron chi connectivity index (χ1n) is 8.08. The molecule has 27 heavy (non-hydrogen) atoms. The van der Waals surface area contributed by atoms with Gasteiger partial charge in [0.05, 0.1) is 25.5 Å². The number of phenolic OH excluding ortho intramolecular Hbond substituents is 1. The molecule has 0 unspecified atom stereocenters. The molecule has 0 aliphatic heterocycles. The molecule has 1 heterocycles. The van der Waals surface area contributed by atoms with E-state index in [-0.39, 0.29) is 22.6 Å². The zero-order valence-corrected chi connectivity index (χ0v) is 14.8. The van der Waals surface area contributed by atoms with Gasteiger partial charge in [-0.15, -0.1) is 0 Å². The van der Waals surface area contributed by atoms with E-state index >= 15 is 0 Å². The predicted octanol–water partition coefficient (Wildman–Crippen LogP) is 3.02. The third-order valence-corrected chi connectivity index (χ3v) is 4.03. The number of anilines is 1. The number of amides is 1. The molecule has 0 radical (unpaired) electrons. The van der Waals surface area contributed by atoms with Crippen molar-refractivity contribution in [1.82, 2.24) is 4.98 Å². The number of carbonyl (C=O) groups excluding carboxylic acids is 1. The highest BCUT2D eigenvalue weighted by Gasteiger charge is 2.15. The van der Waals surface area contributed by atoms with Crippen LogP contribution in [-0.2, 0) is 0 Å². The van der Waals surface area contributed by atoms with Gasteiger partial charge < -0.3 is 24.9 Å². The Morgan fingerprint density at radius 2 is 1.81 bits per heavy atom. The van der Waals surface area contributed by atoms with E-state index < -0.39 is 5.91 Å². The van der Waals surface area contributed by atoms with Gasteiger partial charge in [0.15, 0.2) is 11.5 Å². The molecule has 138 valence electrons. The average Bonchev–Trinajstić information content (AvgIpc) is 2.69. The lowest BCUT2D eigenvalue weighted by molar-refractivity contribution is 0.102. The van der Waals surface area contributed by atoms with Gasteiger partial charge in [-0.3, -0.25) is 9.59 Å². The third-order valence-electron chi connectivity index (χ3n) is 4.03. The highest BCUT2D eigenvalue weighted by atomic mass is 16.5. The summed E-state index contributed by atoms with van der Waals surface area (Å²) in [5.41, 5.74) is 1.23. The molecule has 0 spiro atoms. The van der Waals surface area contributed by atoms with Gasteiger partial charge in [-0.05, 0) is 35.9 Å². The van der Waals surface area contributed by atoms with E-state index in [1.165, 1.54) is 19.4 Å². The fourth-order valence-electron chi connectivity index (χ4n) is 2.61. The highest BCUT2D eigenvalue weighted by Crippen LogP contribution is 2.30. The molecule has 0 saturated heterocycles. The molecule has 2 aromatic carbocycles. The molecule has 3 aromatic rings. The van der Waals surface area contributed by atoms with Gasteiger partial charge in [0.2, 0.25) is 0 Å². The van der Waals surface area contributed by atoms with Crippen LogP contribution in [0.5, 0.6) is 17.2 Å². The zero-order valence-electron chi connectivity index (χ0n) is 14.8. The van der Waals surface area contributed by atoms with Crippen LogP contribution in [0.25, 0.3) is 11.1 Å². The monoisotopic (exact) mass is 366 g/mol. The van der Waals surface area contributed by atoms with Crippen molar-refractivity contribution in [2.24, 2.45) is 0 Å². The SMILES string of the molecule is COc1ccc(-c2cc(NC(=O)c3cccc(OC)c3O)c[nH]c2=O)cc1. The van der Waals surface area contributed by atoms with E-state index in [2.05, 4.69) is 10.3 Å². The molecule has 1 aromatic heterocycles. The molecule has 0 aliphatic rings. The van der Waals surface area contributed by atoms with Crippen LogP contribution < -0.4 is 20.3 Å². The number of aromatic amines is 1. The number of pyridine rings is 1. The molecular weight excluding hydrogens is 348 g/mol. The molecule has 0 fully saturated rings. The molecule has 3 rings (SSSR count). The zero-order chi connectivity index (χ0) is 19.4. The first-order valence-corrected chi connectivity index (χ1v) is 8.08. The van der Waals surface area contributed by atoms with Gasteiger partial charge in [-0.1, -0.05) is 18.2 Å². The Kier molecular flexibility index (Phi) is 5.12. The molecule has 0 saturated carbocycles. The summed E-state index contributed by atoms with van der Waals surface area (Å²) >= 11 is 0. The number of H-pyrrole nitrogens is 1. The summed E-state index contributed by atoms with van der Waals surface area (Å²) in [6.45, 7) is 0. The Balaban J connectivity index is 1.90. The lowest BCUT2D eigenvalue weighted by Crippen LogP contribution is -2.15. The average molecular weight is 366 g/mol. The van der Waals surface area contributed by atoms with Crippen LogP contribution in [-0.4, -0.2) is 30.2 Å². The summed E-state index contributed by atoms with van der Waals surface area (Å²) < 4.78 is 10.1. The second-order valence-corrected chi connectivity index (χ2v) is 5.67. The number of aromatic hydroxyl groups is 1. The largest absolute Gasteiger partial charge is 0.504 e. The van der Waals surface area contributed by atoms with Crippen LogP contribution in [0.3, 0.4) is 0 Å². The standard InChI is InChI=1S/C20H18N2O5/c1-26-14-8-6-12(7-9-14)16-10-13(11-21-19(16)24)22-20(25)15-4-3-5-17(27-2)18(15)23/h3-11,23H,1-2H3,(H,21,24)(H,22,25). The number of para-hydroxylation sites is 1. The van der Waals surface area contributed by atoms with Gasteiger partial charge in [0.25, 0.3) is 11.5 Å². The van der Waals surface area contributed by atoms with E-state index in [4.69, 9.17) is 9.47 Å². The van der Waals surface area contributed by atoms with Gasteiger partial charge in [0.1, 0.15) is 5.75 Å². The molecule has 1 amide bonds. The Bertz CT molecular complexity index is 1030. The Labute approximate surface area is 155 Å². The fourth-order valence-corrected chi connectivity index (χ4v) is 2.61. The van der Waals surface area contributed by atoms with Gasteiger partial charge >= 0.3 is 0 Å². The lowest BCUT2D eigenvalue weighted by atomic mass is 10.1. The molecular formula is C20H18N2O5. The second kappa shape index (κ2) is 7.65. The summed E-state index contributed by atoms with van der Waals surface area (Å²) in [7, 11) is 2.96. The van der Waals surface area contributed by atoms with Crippen LogP contribution in [0.1, 0.15) is 10.4 Å². The molecule has 7 heteroatoms. The minimum atomic E-state index is -0.529. The maximum Gasteiger partial charge on any atom is 0.259 e. The number of methoxy groups -OCH3 is 2.